The van der Waals surface area contributed by atoms with Crippen molar-refractivity contribution in [3.63, 3.8) is 0 Å². The number of nitrogens with zero attached hydrogens (tertiary/aromatic N) is 2. The first-order valence-electron chi connectivity index (χ1n) is 19.8. The average Bonchev–Trinajstić information content (AvgIpc) is 3.28. The van der Waals surface area contributed by atoms with E-state index in [2.05, 4.69) is 204 Å². The molecule has 10 aromatic rings. The van der Waals surface area contributed by atoms with Crippen LogP contribution in [-0.2, 0) is 0 Å². The Balaban J connectivity index is 1.19. The summed E-state index contributed by atoms with van der Waals surface area (Å²) in [6.07, 6.45) is 0. The highest BCUT2D eigenvalue weighted by molar-refractivity contribution is 8.00. The van der Waals surface area contributed by atoms with E-state index in [1.165, 1.54) is 109 Å². The molecule has 5 heteroatoms. The van der Waals surface area contributed by atoms with Gasteiger partial charge in [0.15, 0.2) is 0 Å². The van der Waals surface area contributed by atoms with Crippen LogP contribution in [0.15, 0.2) is 204 Å². The van der Waals surface area contributed by atoms with E-state index in [0.717, 1.165) is 0 Å². The molecular formula is C52H32B2N2S. The predicted octanol–water partition coefficient (Wildman–Crippen LogP) is 9.65. The number of anilines is 6. The van der Waals surface area contributed by atoms with Gasteiger partial charge in [-0.2, -0.15) is 0 Å². The molecule has 57 heavy (non-hydrogen) atoms. The van der Waals surface area contributed by atoms with Crippen LogP contribution >= 0.6 is 11.8 Å². The van der Waals surface area contributed by atoms with E-state index in [1.54, 1.807) is 0 Å². The molecule has 0 unspecified atom stereocenters. The van der Waals surface area contributed by atoms with Crippen LogP contribution in [0.1, 0.15) is 0 Å². The van der Waals surface area contributed by atoms with Crippen molar-refractivity contribution in [3.8, 4) is 0 Å². The second-order valence-electron chi connectivity index (χ2n) is 15.6. The number of hydrogen-bond donors (Lipinski definition) is 0. The molecule has 0 spiro atoms. The molecule has 262 valence electrons. The van der Waals surface area contributed by atoms with Gasteiger partial charge in [0.05, 0.1) is 27.6 Å². The number of benzene rings is 10. The van der Waals surface area contributed by atoms with E-state index in [-0.39, 0.29) is 13.4 Å². The Morgan fingerprint density at radius 2 is 1.00 bits per heavy atom. The van der Waals surface area contributed by atoms with E-state index in [1.807, 2.05) is 11.8 Å². The monoisotopic (exact) mass is 738 g/mol. The minimum absolute atomic E-state index is 0.0611. The fourth-order valence-corrected chi connectivity index (χ4v) is 11.6. The third kappa shape index (κ3) is 4.35. The van der Waals surface area contributed by atoms with Crippen molar-refractivity contribution >= 4 is 124 Å². The molecule has 0 radical (unpaired) electrons. The quantitative estimate of drug-likeness (QED) is 0.132. The van der Waals surface area contributed by atoms with Crippen LogP contribution in [-0.4, -0.2) is 13.4 Å². The molecule has 0 aliphatic carbocycles. The lowest BCUT2D eigenvalue weighted by atomic mass is 9.20. The fourth-order valence-electron chi connectivity index (χ4n) is 10.4. The molecule has 0 amide bonds. The van der Waals surface area contributed by atoms with Gasteiger partial charge in [0, 0.05) is 21.7 Å². The van der Waals surface area contributed by atoms with Gasteiger partial charge in [-0.3, -0.25) is 0 Å². The van der Waals surface area contributed by atoms with E-state index >= 15 is 0 Å². The lowest BCUT2D eigenvalue weighted by molar-refractivity contribution is 1.15. The zero-order valence-corrected chi connectivity index (χ0v) is 31.7. The van der Waals surface area contributed by atoms with E-state index < -0.39 is 0 Å². The van der Waals surface area contributed by atoms with Crippen LogP contribution in [0.4, 0.5) is 34.1 Å². The summed E-state index contributed by atoms with van der Waals surface area (Å²) in [6, 6.07) is 72.7. The summed E-state index contributed by atoms with van der Waals surface area (Å²) in [5, 5.41) is 7.77. The van der Waals surface area contributed by atoms with Crippen molar-refractivity contribution in [1.82, 2.24) is 0 Å². The third-order valence-electron chi connectivity index (χ3n) is 12.7. The average molecular weight is 739 g/mol. The second kappa shape index (κ2) is 11.9. The molecule has 0 bridgehead atoms. The Labute approximate surface area is 336 Å². The Morgan fingerprint density at radius 1 is 0.386 bits per heavy atom. The highest BCUT2D eigenvalue weighted by Gasteiger charge is 2.47. The minimum Gasteiger partial charge on any atom is -0.310 e. The highest BCUT2D eigenvalue weighted by atomic mass is 32.2. The lowest BCUT2D eigenvalue weighted by Crippen LogP contribution is -2.76. The van der Waals surface area contributed by atoms with Crippen LogP contribution in [0.25, 0.3) is 32.3 Å². The summed E-state index contributed by atoms with van der Waals surface area (Å²) in [7, 11) is 0. The molecule has 0 saturated carbocycles. The Bertz CT molecular complexity index is 3230. The number of rotatable bonds is 3. The molecule has 2 nitrogen and oxygen atoms in total. The van der Waals surface area contributed by atoms with Gasteiger partial charge in [-0.05, 0) is 80.3 Å². The fraction of sp³-hybridized carbons (Fsp3) is 0. The molecule has 10 aromatic carbocycles. The van der Waals surface area contributed by atoms with Crippen LogP contribution in [0, 0.1) is 0 Å². The van der Waals surface area contributed by atoms with Crippen molar-refractivity contribution in [2.24, 2.45) is 0 Å². The zero-order valence-electron chi connectivity index (χ0n) is 30.9. The molecule has 13 rings (SSSR count). The molecule has 0 fully saturated rings. The van der Waals surface area contributed by atoms with Gasteiger partial charge in [0.2, 0.25) is 13.4 Å². The highest BCUT2D eigenvalue weighted by Crippen LogP contribution is 2.57. The molecule has 0 N–H and O–H groups in total. The van der Waals surface area contributed by atoms with Gasteiger partial charge in [0.1, 0.15) is 0 Å². The van der Waals surface area contributed by atoms with Crippen LogP contribution in [0.5, 0.6) is 0 Å². The van der Waals surface area contributed by atoms with Gasteiger partial charge in [-0.15, -0.1) is 0 Å². The zero-order chi connectivity index (χ0) is 37.2. The summed E-state index contributed by atoms with van der Waals surface area (Å²) >= 11 is 1.92. The minimum atomic E-state index is 0.0611. The van der Waals surface area contributed by atoms with Gasteiger partial charge in [-0.1, -0.05) is 185 Å². The molecule has 0 atom stereocenters. The summed E-state index contributed by atoms with van der Waals surface area (Å²) < 4.78 is 0. The van der Waals surface area contributed by atoms with Crippen molar-refractivity contribution in [2.45, 2.75) is 9.79 Å². The van der Waals surface area contributed by atoms with E-state index in [0.29, 0.717) is 0 Å². The van der Waals surface area contributed by atoms with Crippen LogP contribution in [0.2, 0.25) is 0 Å². The van der Waals surface area contributed by atoms with Gasteiger partial charge in [-0.25, -0.2) is 0 Å². The number of hydrogen-bond acceptors (Lipinski definition) is 3. The summed E-state index contributed by atoms with van der Waals surface area (Å²) in [6.45, 7) is 0.152. The predicted molar refractivity (Wildman–Crippen MR) is 246 cm³/mol. The van der Waals surface area contributed by atoms with Crippen molar-refractivity contribution < 1.29 is 0 Å². The normalized spacial score (nSPS) is 13.8. The third-order valence-corrected chi connectivity index (χ3v) is 13.9. The summed E-state index contributed by atoms with van der Waals surface area (Å²) in [5.74, 6) is 0. The Hall–Kier alpha value is -6.68. The smallest absolute Gasteiger partial charge is 0.245 e. The maximum Gasteiger partial charge on any atom is 0.245 e. The summed E-state index contributed by atoms with van der Waals surface area (Å²) in [4.78, 5) is 7.70. The molecular weight excluding hydrogens is 706 g/mol. The molecule has 0 aromatic heterocycles. The maximum absolute atomic E-state index is 2.59. The van der Waals surface area contributed by atoms with Crippen LogP contribution < -0.4 is 42.6 Å². The van der Waals surface area contributed by atoms with Crippen molar-refractivity contribution in [1.29, 1.82) is 0 Å². The van der Waals surface area contributed by atoms with Gasteiger partial charge < -0.3 is 9.80 Å². The van der Waals surface area contributed by atoms with E-state index in [4.69, 9.17) is 0 Å². The van der Waals surface area contributed by atoms with Gasteiger partial charge >= 0.3 is 0 Å². The first-order chi connectivity index (χ1) is 28.3. The SMILES string of the molecule is c1ccc(B2c3ccccc3B3c4ccccc4N(c4ccccc4)c4c5c(cc2c43)N(c2ccc3ccc4cccc6ccc2c3c46)c2ccccc2S5)cc1. The van der Waals surface area contributed by atoms with Crippen molar-refractivity contribution in [3.05, 3.63) is 194 Å². The molecule has 3 heterocycles. The van der Waals surface area contributed by atoms with E-state index in [9.17, 15) is 0 Å². The van der Waals surface area contributed by atoms with Gasteiger partial charge in [0.25, 0.3) is 0 Å². The lowest BCUT2D eigenvalue weighted by Gasteiger charge is -2.45. The summed E-state index contributed by atoms with van der Waals surface area (Å²) in [5.41, 5.74) is 15.5. The standard InChI is InChI=1S/C52H32B2N2S/c1-3-16-36(17-4-1)53-39-20-7-8-21-40(39)54-41-22-9-10-23-44(41)55(37-18-5-2-6-19-37)51-50(54)42(53)32-46-52(51)57-47-25-12-11-24-45(47)56(46)43-31-29-35-27-26-33-14-13-15-34-28-30-38(43)49(35)48(33)34/h1-32H. The molecule has 3 aliphatic rings. The first kappa shape index (κ1) is 31.5. The van der Waals surface area contributed by atoms with Crippen molar-refractivity contribution in [2.75, 3.05) is 9.80 Å². The largest absolute Gasteiger partial charge is 0.310 e. The Morgan fingerprint density at radius 3 is 1.79 bits per heavy atom. The number of fused-ring (bicyclic) bond motifs is 7. The van der Waals surface area contributed by atoms with Crippen LogP contribution in [0.3, 0.4) is 0 Å². The first-order valence-corrected chi connectivity index (χ1v) is 20.7. The number of para-hydroxylation sites is 3. The molecule has 0 saturated heterocycles. The second-order valence-corrected chi connectivity index (χ2v) is 16.6. The topological polar surface area (TPSA) is 6.48 Å². The molecule has 3 aliphatic heterocycles. The maximum atomic E-state index is 2.59. The Kier molecular flexibility index (Phi) is 6.59.